The molecule has 26 heavy (non-hydrogen) atoms. The van der Waals surface area contributed by atoms with Crippen LogP contribution in [0.4, 0.5) is 26.3 Å². The second-order valence-corrected chi connectivity index (χ2v) is 6.46. The van der Waals surface area contributed by atoms with Gasteiger partial charge < -0.3 is 9.47 Å². The molecule has 0 atom stereocenters. The van der Waals surface area contributed by atoms with Crippen molar-refractivity contribution >= 4 is 0 Å². The number of benzene rings is 1. The third-order valence-corrected chi connectivity index (χ3v) is 4.42. The van der Waals surface area contributed by atoms with Crippen molar-refractivity contribution in [3.05, 3.63) is 42.2 Å². The van der Waals surface area contributed by atoms with Gasteiger partial charge in [0.1, 0.15) is 0 Å². The molecule has 0 unspecified atom stereocenters. The highest BCUT2D eigenvalue weighted by atomic mass is 19.4. The first-order valence-corrected chi connectivity index (χ1v) is 8.26. The van der Waals surface area contributed by atoms with Crippen molar-refractivity contribution < 1.29 is 35.8 Å². The number of alkyl halides is 5. The molecule has 1 aromatic carbocycles. The van der Waals surface area contributed by atoms with E-state index in [1.807, 2.05) is 6.08 Å². The van der Waals surface area contributed by atoms with Crippen LogP contribution in [0.2, 0.25) is 0 Å². The molecule has 1 saturated carbocycles. The zero-order valence-electron chi connectivity index (χ0n) is 14.0. The van der Waals surface area contributed by atoms with Crippen LogP contribution in [0.1, 0.15) is 37.7 Å². The molecule has 0 radical (unpaired) electrons. The molecule has 0 saturated heterocycles. The van der Waals surface area contributed by atoms with Gasteiger partial charge in [-0.2, -0.15) is 8.78 Å². The van der Waals surface area contributed by atoms with Crippen LogP contribution in [-0.2, 0) is 11.3 Å². The summed E-state index contributed by atoms with van der Waals surface area (Å²) < 4.78 is 85.8. The van der Waals surface area contributed by atoms with Crippen LogP contribution in [0.25, 0.3) is 0 Å². The van der Waals surface area contributed by atoms with E-state index in [1.165, 1.54) is 0 Å². The summed E-state index contributed by atoms with van der Waals surface area (Å²) in [5, 5.41) is 0. The van der Waals surface area contributed by atoms with Crippen LogP contribution in [0.5, 0.6) is 5.75 Å². The van der Waals surface area contributed by atoms with Gasteiger partial charge in [-0.1, -0.05) is 12.1 Å². The fourth-order valence-electron chi connectivity index (χ4n) is 3.05. The number of hydrogen-bond donors (Lipinski definition) is 0. The van der Waals surface area contributed by atoms with Crippen LogP contribution in [0.15, 0.2) is 30.9 Å². The fourth-order valence-corrected chi connectivity index (χ4v) is 3.05. The normalized spacial score (nSPS) is 21.5. The fraction of sp³-hybridized carbons (Fsp3) is 0.556. The molecule has 2 nitrogen and oxygen atoms in total. The van der Waals surface area contributed by atoms with E-state index in [-0.39, 0.29) is 11.5 Å². The van der Waals surface area contributed by atoms with Gasteiger partial charge in [0.05, 0.1) is 6.61 Å². The van der Waals surface area contributed by atoms with E-state index < -0.39 is 37.1 Å². The molecule has 0 heterocycles. The maximum absolute atomic E-state index is 14.0. The molecule has 1 aromatic rings. The Kier molecular flexibility index (Phi) is 6.60. The summed E-state index contributed by atoms with van der Waals surface area (Å²) in [6, 6.07) is 2.47. The Bertz CT molecular complexity index is 606. The van der Waals surface area contributed by atoms with Gasteiger partial charge in [0.2, 0.25) is 0 Å². The van der Waals surface area contributed by atoms with E-state index in [2.05, 4.69) is 16.1 Å². The molecule has 0 bridgehead atoms. The molecule has 146 valence electrons. The molecule has 1 aliphatic rings. The minimum Gasteiger partial charge on any atom is -0.403 e. The van der Waals surface area contributed by atoms with Crippen LogP contribution in [-0.4, -0.2) is 12.5 Å². The van der Waals surface area contributed by atoms with Crippen LogP contribution >= 0.6 is 0 Å². The highest BCUT2D eigenvalue weighted by Gasteiger charge is 2.35. The third-order valence-electron chi connectivity index (χ3n) is 4.42. The Morgan fingerprint density at radius 2 is 1.73 bits per heavy atom. The molecule has 1 aliphatic carbocycles. The number of allylic oxidation sites excluding steroid dienone is 1. The van der Waals surface area contributed by atoms with Crippen LogP contribution in [0, 0.1) is 17.7 Å². The molecular formula is C18H20F6O2. The minimum absolute atomic E-state index is 0.00735. The lowest BCUT2D eigenvalue weighted by molar-refractivity contribution is -0.275. The average molecular weight is 382 g/mol. The van der Waals surface area contributed by atoms with Crippen LogP contribution < -0.4 is 4.74 Å². The highest BCUT2D eigenvalue weighted by molar-refractivity contribution is 5.29. The van der Waals surface area contributed by atoms with E-state index >= 15 is 0 Å². The smallest absolute Gasteiger partial charge is 0.403 e. The van der Waals surface area contributed by atoms with Gasteiger partial charge in [-0.25, -0.2) is 4.39 Å². The Balaban J connectivity index is 1.87. The predicted octanol–water partition coefficient (Wildman–Crippen LogP) is 6.22. The van der Waals surface area contributed by atoms with Crippen molar-refractivity contribution in [3.63, 3.8) is 0 Å². The molecule has 0 N–H and O–H groups in total. The van der Waals surface area contributed by atoms with Gasteiger partial charge in [-0.15, -0.1) is 19.8 Å². The summed E-state index contributed by atoms with van der Waals surface area (Å²) in [6.07, 6.45) is -4.06. The third kappa shape index (κ3) is 6.55. The van der Waals surface area contributed by atoms with Crippen LogP contribution in [0.3, 0.4) is 0 Å². The van der Waals surface area contributed by atoms with Crippen molar-refractivity contribution in [1.29, 1.82) is 0 Å². The van der Waals surface area contributed by atoms with Crippen molar-refractivity contribution in [1.82, 2.24) is 0 Å². The summed E-state index contributed by atoms with van der Waals surface area (Å²) in [4.78, 5) is 0. The Labute approximate surface area is 147 Å². The summed E-state index contributed by atoms with van der Waals surface area (Å²) in [5.74, 6) is -2.12. The average Bonchev–Trinajstić information content (AvgIpc) is 2.54. The minimum atomic E-state index is -5.03. The molecular weight excluding hydrogens is 362 g/mol. The van der Waals surface area contributed by atoms with Gasteiger partial charge in [0.25, 0.3) is 0 Å². The number of ether oxygens (including phenoxy) is 2. The first-order valence-electron chi connectivity index (χ1n) is 8.26. The van der Waals surface area contributed by atoms with Gasteiger partial charge in [-0.3, -0.25) is 0 Å². The SMILES string of the molecule is C=CC1CCC(CC(F)(F)OCc2ccc(OC(F)(F)F)c(F)c2)CC1. The number of hydrogen-bond acceptors (Lipinski definition) is 2. The summed E-state index contributed by atoms with van der Waals surface area (Å²) in [6.45, 7) is 3.09. The molecule has 0 spiro atoms. The quantitative estimate of drug-likeness (QED) is 0.412. The number of halogens is 6. The molecule has 1 fully saturated rings. The van der Waals surface area contributed by atoms with E-state index in [1.54, 1.807) is 0 Å². The van der Waals surface area contributed by atoms with E-state index in [9.17, 15) is 26.3 Å². The standard InChI is InChI=1S/C18H20F6O2/c1-2-12-3-5-13(6-4-12)10-17(20,21)25-11-14-7-8-16(15(19)9-14)26-18(22,23)24/h2,7-9,12-13H,1,3-6,10-11H2. The predicted molar refractivity (Wildman–Crippen MR) is 83.1 cm³/mol. The first-order chi connectivity index (χ1) is 12.1. The van der Waals surface area contributed by atoms with E-state index in [0.29, 0.717) is 24.8 Å². The van der Waals surface area contributed by atoms with E-state index in [4.69, 9.17) is 0 Å². The second kappa shape index (κ2) is 8.33. The molecule has 0 amide bonds. The lowest BCUT2D eigenvalue weighted by atomic mass is 9.80. The van der Waals surface area contributed by atoms with Crippen molar-refractivity contribution in [2.24, 2.45) is 11.8 Å². The summed E-state index contributed by atoms with van der Waals surface area (Å²) in [5.41, 5.74) is -0.00735. The molecule has 8 heteroatoms. The molecule has 0 aliphatic heterocycles. The maximum atomic E-state index is 14.0. The topological polar surface area (TPSA) is 18.5 Å². The first kappa shape index (κ1) is 20.6. The Morgan fingerprint density at radius 1 is 1.08 bits per heavy atom. The maximum Gasteiger partial charge on any atom is 0.573 e. The second-order valence-electron chi connectivity index (χ2n) is 6.46. The van der Waals surface area contributed by atoms with Gasteiger partial charge in [0, 0.05) is 6.42 Å². The zero-order valence-corrected chi connectivity index (χ0v) is 14.0. The number of rotatable bonds is 7. The summed E-state index contributed by atoms with van der Waals surface area (Å²) in [7, 11) is 0. The van der Waals surface area contributed by atoms with Gasteiger partial charge in [-0.05, 0) is 55.2 Å². The van der Waals surface area contributed by atoms with Crippen molar-refractivity contribution in [3.8, 4) is 5.75 Å². The molecule has 2 rings (SSSR count). The summed E-state index contributed by atoms with van der Waals surface area (Å²) >= 11 is 0. The monoisotopic (exact) mass is 382 g/mol. The highest BCUT2D eigenvalue weighted by Crippen LogP contribution is 2.37. The lowest BCUT2D eigenvalue weighted by Gasteiger charge is -2.29. The zero-order chi connectivity index (χ0) is 19.4. The Morgan fingerprint density at radius 3 is 2.27 bits per heavy atom. The van der Waals surface area contributed by atoms with Crippen molar-refractivity contribution in [2.45, 2.75) is 51.2 Å². The van der Waals surface area contributed by atoms with E-state index in [0.717, 1.165) is 25.0 Å². The lowest BCUT2D eigenvalue weighted by Crippen LogP contribution is -2.27. The Hall–Kier alpha value is -1.70. The van der Waals surface area contributed by atoms with Gasteiger partial charge in [0.15, 0.2) is 11.6 Å². The molecule has 0 aromatic heterocycles. The van der Waals surface area contributed by atoms with Crippen molar-refractivity contribution in [2.75, 3.05) is 0 Å². The largest absolute Gasteiger partial charge is 0.573 e. The van der Waals surface area contributed by atoms with Gasteiger partial charge >= 0.3 is 12.5 Å².